The van der Waals surface area contributed by atoms with Crippen LogP contribution < -0.4 is 5.32 Å². The molecule has 0 fully saturated rings. The van der Waals surface area contributed by atoms with Crippen molar-refractivity contribution in [3.05, 3.63) is 24.3 Å². The molecule has 1 aromatic carbocycles. The third-order valence-corrected chi connectivity index (χ3v) is 3.45. The maximum atomic E-state index is 11.5. The maximum absolute atomic E-state index is 11.5. The van der Waals surface area contributed by atoms with Crippen LogP contribution in [0.1, 0.15) is 26.7 Å². The van der Waals surface area contributed by atoms with Gasteiger partial charge in [0.1, 0.15) is 5.25 Å². The SMILES string of the molecule is CCCC(=O)Nc1ccccc1S[C@@H](C)C(=O)O. The molecular weight excluding hydrogens is 250 g/mol. The van der Waals surface area contributed by atoms with Crippen LogP contribution in [0.5, 0.6) is 0 Å². The molecule has 0 heterocycles. The molecule has 1 aromatic rings. The van der Waals surface area contributed by atoms with Crippen molar-refractivity contribution >= 4 is 29.3 Å². The molecule has 0 aliphatic rings. The van der Waals surface area contributed by atoms with E-state index in [-0.39, 0.29) is 5.91 Å². The Kier molecular flexibility index (Phi) is 5.71. The molecule has 0 saturated heterocycles. The number of carbonyl (C=O) groups excluding carboxylic acids is 1. The maximum Gasteiger partial charge on any atom is 0.316 e. The summed E-state index contributed by atoms with van der Waals surface area (Å²) >= 11 is 1.22. The first-order valence-corrected chi connectivity index (χ1v) is 6.71. The molecule has 0 radical (unpaired) electrons. The lowest BCUT2D eigenvalue weighted by Crippen LogP contribution is -2.14. The molecular formula is C13H17NO3S. The molecule has 5 heteroatoms. The van der Waals surface area contributed by atoms with Gasteiger partial charge in [-0.2, -0.15) is 0 Å². The third kappa shape index (κ3) is 4.41. The van der Waals surface area contributed by atoms with Gasteiger partial charge in [-0.25, -0.2) is 0 Å². The first-order chi connectivity index (χ1) is 8.54. The van der Waals surface area contributed by atoms with Crippen molar-refractivity contribution < 1.29 is 14.7 Å². The minimum absolute atomic E-state index is 0.0477. The fraction of sp³-hybridized carbons (Fsp3) is 0.385. The third-order valence-electron chi connectivity index (χ3n) is 2.29. The summed E-state index contributed by atoms with van der Waals surface area (Å²) in [5.41, 5.74) is 0.675. The number of hydrogen-bond acceptors (Lipinski definition) is 3. The zero-order chi connectivity index (χ0) is 13.5. The number of carboxylic acid groups (broad SMARTS) is 1. The molecule has 98 valence electrons. The van der Waals surface area contributed by atoms with Crippen LogP contribution in [0.25, 0.3) is 0 Å². The molecule has 0 saturated carbocycles. The van der Waals surface area contributed by atoms with E-state index in [0.717, 1.165) is 11.3 Å². The number of amides is 1. The van der Waals surface area contributed by atoms with Crippen LogP contribution in [-0.4, -0.2) is 22.2 Å². The van der Waals surface area contributed by atoms with E-state index >= 15 is 0 Å². The lowest BCUT2D eigenvalue weighted by Gasteiger charge is -2.12. The van der Waals surface area contributed by atoms with Crippen molar-refractivity contribution in [1.29, 1.82) is 0 Å². The van der Waals surface area contributed by atoms with E-state index in [4.69, 9.17) is 5.11 Å². The highest BCUT2D eigenvalue weighted by atomic mass is 32.2. The van der Waals surface area contributed by atoms with Gasteiger partial charge in [0.05, 0.1) is 5.69 Å². The topological polar surface area (TPSA) is 66.4 Å². The molecule has 18 heavy (non-hydrogen) atoms. The quantitative estimate of drug-likeness (QED) is 0.778. The zero-order valence-electron chi connectivity index (χ0n) is 10.5. The Balaban J connectivity index is 2.79. The van der Waals surface area contributed by atoms with Gasteiger partial charge in [0.2, 0.25) is 5.91 Å². The number of thioether (sulfide) groups is 1. The highest BCUT2D eigenvalue weighted by Gasteiger charge is 2.15. The number of carbonyl (C=O) groups is 2. The summed E-state index contributed by atoms with van der Waals surface area (Å²) in [6.45, 7) is 3.56. The van der Waals surface area contributed by atoms with Crippen LogP contribution in [0.3, 0.4) is 0 Å². The number of para-hydroxylation sites is 1. The summed E-state index contributed by atoms with van der Waals surface area (Å²) in [5, 5.41) is 11.1. The molecule has 0 aromatic heterocycles. The standard InChI is InChI=1S/C13H17NO3S/c1-3-6-12(15)14-10-7-4-5-8-11(10)18-9(2)13(16)17/h4-5,7-9H,3,6H2,1-2H3,(H,14,15)(H,16,17)/t9-/m0/s1. The van der Waals surface area contributed by atoms with Crippen molar-refractivity contribution in [3.63, 3.8) is 0 Å². The van der Waals surface area contributed by atoms with E-state index < -0.39 is 11.2 Å². The summed E-state index contributed by atoms with van der Waals surface area (Å²) in [6.07, 6.45) is 1.25. The average Bonchev–Trinajstić information content (AvgIpc) is 2.31. The fourth-order valence-corrected chi connectivity index (χ4v) is 2.24. The summed E-state index contributed by atoms with van der Waals surface area (Å²) in [5.74, 6) is -0.914. The number of rotatable bonds is 6. The summed E-state index contributed by atoms with van der Waals surface area (Å²) < 4.78 is 0. The van der Waals surface area contributed by atoms with Gasteiger partial charge in [0.25, 0.3) is 0 Å². The van der Waals surface area contributed by atoms with E-state index in [1.54, 1.807) is 13.0 Å². The number of carboxylic acids is 1. The second-order valence-electron chi connectivity index (χ2n) is 3.89. The molecule has 0 aliphatic heterocycles. The number of aliphatic carboxylic acids is 1. The second kappa shape index (κ2) is 7.06. The Morgan fingerprint density at radius 2 is 2.06 bits per heavy atom. The predicted octanol–water partition coefficient (Wildman–Crippen LogP) is 2.99. The van der Waals surface area contributed by atoms with Gasteiger partial charge >= 0.3 is 5.97 Å². The zero-order valence-corrected chi connectivity index (χ0v) is 11.3. The number of nitrogens with one attached hydrogen (secondary N) is 1. The van der Waals surface area contributed by atoms with E-state index in [2.05, 4.69) is 5.32 Å². The van der Waals surface area contributed by atoms with Crippen LogP contribution in [0.15, 0.2) is 29.2 Å². The number of hydrogen-bond donors (Lipinski definition) is 2. The monoisotopic (exact) mass is 267 g/mol. The molecule has 4 nitrogen and oxygen atoms in total. The minimum atomic E-state index is -0.866. The van der Waals surface area contributed by atoms with E-state index in [1.165, 1.54) is 11.8 Å². The highest BCUT2D eigenvalue weighted by molar-refractivity contribution is 8.00. The Morgan fingerprint density at radius 1 is 1.39 bits per heavy atom. The molecule has 1 atom stereocenters. The van der Waals surface area contributed by atoms with Gasteiger partial charge < -0.3 is 10.4 Å². The van der Waals surface area contributed by atoms with Crippen molar-refractivity contribution in [2.45, 2.75) is 36.8 Å². The van der Waals surface area contributed by atoms with Crippen molar-refractivity contribution in [3.8, 4) is 0 Å². The summed E-state index contributed by atoms with van der Waals surface area (Å²) in [7, 11) is 0. The first kappa shape index (κ1) is 14.6. The Labute approximate surface area is 111 Å². The van der Waals surface area contributed by atoms with E-state index in [0.29, 0.717) is 12.1 Å². The molecule has 1 rings (SSSR count). The molecule has 0 spiro atoms. The second-order valence-corrected chi connectivity index (χ2v) is 5.28. The Morgan fingerprint density at radius 3 is 2.67 bits per heavy atom. The van der Waals surface area contributed by atoms with E-state index in [9.17, 15) is 9.59 Å². The van der Waals surface area contributed by atoms with Gasteiger partial charge in [-0.3, -0.25) is 9.59 Å². The van der Waals surface area contributed by atoms with Gasteiger partial charge in [-0.1, -0.05) is 19.1 Å². The first-order valence-electron chi connectivity index (χ1n) is 5.83. The van der Waals surface area contributed by atoms with E-state index in [1.807, 2.05) is 25.1 Å². The van der Waals surface area contributed by atoms with Gasteiger partial charge in [0, 0.05) is 11.3 Å². The predicted molar refractivity (Wildman–Crippen MR) is 72.9 cm³/mol. The normalized spacial score (nSPS) is 11.9. The number of anilines is 1. The van der Waals surface area contributed by atoms with Crippen LogP contribution in [-0.2, 0) is 9.59 Å². The Bertz CT molecular complexity index is 434. The van der Waals surface area contributed by atoms with Gasteiger partial charge in [-0.15, -0.1) is 11.8 Å². The smallest absolute Gasteiger partial charge is 0.316 e. The van der Waals surface area contributed by atoms with Crippen molar-refractivity contribution in [1.82, 2.24) is 0 Å². The molecule has 0 bridgehead atoms. The lowest BCUT2D eigenvalue weighted by molar-refractivity contribution is -0.136. The molecule has 2 N–H and O–H groups in total. The van der Waals surface area contributed by atoms with Crippen molar-refractivity contribution in [2.24, 2.45) is 0 Å². The van der Waals surface area contributed by atoms with Crippen LogP contribution in [0.4, 0.5) is 5.69 Å². The summed E-state index contributed by atoms with van der Waals surface area (Å²) in [4.78, 5) is 23.2. The molecule has 0 unspecified atom stereocenters. The summed E-state index contributed by atoms with van der Waals surface area (Å²) in [6, 6.07) is 7.24. The Hall–Kier alpha value is -1.49. The van der Waals surface area contributed by atoms with Gasteiger partial charge in [0.15, 0.2) is 0 Å². The average molecular weight is 267 g/mol. The minimum Gasteiger partial charge on any atom is -0.480 e. The number of benzene rings is 1. The molecule has 1 amide bonds. The van der Waals surface area contributed by atoms with Crippen LogP contribution in [0.2, 0.25) is 0 Å². The lowest BCUT2D eigenvalue weighted by atomic mass is 10.3. The van der Waals surface area contributed by atoms with Crippen LogP contribution >= 0.6 is 11.8 Å². The van der Waals surface area contributed by atoms with Crippen molar-refractivity contribution in [2.75, 3.05) is 5.32 Å². The highest BCUT2D eigenvalue weighted by Crippen LogP contribution is 2.30. The fourth-order valence-electron chi connectivity index (χ4n) is 1.35. The largest absolute Gasteiger partial charge is 0.480 e. The van der Waals surface area contributed by atoms with Crippen LogP contribution in [0, 0.1) is 0 Å². The van der Waals surface area contributed by atoms with Gasteiger partial charge in [-0.05, 0) is 25.5 Å². The molecule has 0 aliphatic carbocycles.